The van der Waals surface area contributed by atoms with Crippen molar-refractivity contribution >= 4 is 28.2 Å². The Balaban J connectivity index is 0.000000236. The molecular weight excluding hydrogens is 368 g/mol. The summed E-state index contributed by atoms with van der Waals surface area (Å²) >= 11 is 0. The largest absolute Gasteiger partial charge is 0.372 e. The van der Waals surface area contributed by atoms with E-state index < -0.39 is 7.81 Å². The zero-order valence-corrected chi connectivity index (χ0v) is 13.9. The quantitative estimate of drug-likeness (QED) is 0.577. The first-order valence-corrected chi connectivity index (χ1v) is 9.07. The molecule has 2 atom stereocenters. The molecule has 1 fully saturated rings. The average molecular weight is 382 g/mol. The maximum absolute atomic E-state index is 10.7. The minimum absolute atomic E-state index is 0.128. The Morgan fingerprint density at radius 3 is 2.30 bits per heavy atom. The van der Waals surface area contributed by atoms with Gasteiger partial charge in [-0.25, -0.2) is 0 Å². The van der Waals surface area contributed by atoms with Crippen LogP contribution in [0.25, 0.3) is 11.0 Å². The number of benzene rings is 1. The summed E-state index contributed by atoms with van der Waals surface area (Å²) in [6.45, 7) is 1.09. The van der Waals surface area contributed by atoms with Gasteiger partial charge in [-0.2, -0.15) is 0 Å². The fraction of sp³-hybridized carbons (Fsp3) is 0.400. The SMILES string of the molecule is F[P-](F)(F)(F)(F)F.[PH3+]N1CCCC1On1nnc2ccccc21. The summed E-state index contributed by atoms with van der Waals surface area (Å²) in [4.78, 5) is 7.35. The molecule has 1 aromatic carbocycles. The average Bonchev–Trinajstić information content (AvgIpc) is 2.94. The summed E-state index contributed by atoms with van der Waals surface area (Å²) in [6.07, 6.45) is 2.36. The summed E-state index contributed by atoms with van der Waals surface area (Å²) < 4.78 is 61.4. The van der Waals surface area contributed by atoms with E-state index in [-0.39, 0.29) is 6.23 Å². The molecule has 0 radical (unpaired) electrons. The third kappa shape index (κ3) is 6.85. The predicted molar refractivity (Wildman–Crippen MR) is 78.5 cm³/mol. The minimum Gasteiger partial charge on any atom is -0.372 e. The zero-order chi connectivity index (χ0) is 17.4. The second-order valence-corrected chi connectivity index (χ2v) is 7.65. The van der Waals surface area contributed by atoms with Gasteiger partial charge in [0.05, 0.1) is 0 Å². The van der Waals surface area contributed by atoms with Gasteiger partial charge in [0, 0.05) is 22.4 Å². The van der Waals surface area contributed by atoms with Crippen LogP contribution in [-0.4, -0.2) is 32.6 Å². The summed E-state index contributed by atoms with van der Waals surface area (Å²) in [6, 6.07) is 7.81. The molecule has 2 heterocycles. The van der Waals surface area contributed by atoms with Gasteiger partial charge in [0.15, 0.2) is 0 Å². The van der Waals surface area contributed by atoms with Crippen molar-refractivity contribution in [2.24, 2.45) is 0 Å². The molecule has 132 valence electrons. The first-order chi connectivity index (χ1) is 10.3. The van der Waals surface area contributed by atoms with Crippen LogP contribution in [0.3, 0.4) is 0 Å². The van der Waals surface area contributed by atoms with E-state index in [4.69, 9.17) is 4.84 Å². The molecular formula is C10H14F6N4OP2. The third-order valence-corrected chi connectivity index (χ3v) is 3.57. The van der Waals surface area contributed by atoms with Crippen LogP contribution in [0.5, 0.6) is 0 Å². The smallest absolute Gasteiger partial charge is 0.209 e. The topological polar surface area (TPSA) is 43.2 Å². The molecule has 0 N–H and O–H groups in total. The van der Waals surface area contributed by atoms with Gasteiger partial charge < -0.3 is 4.84 Å². The Morgan fingerprint density at radius 2 is 1.74 bits per heavy atom. The van der Waals surface area contributed by atoms with Gasteiger partial charge in [-0.05, 0) is 23.8 Å². The van der Waals surface area contributed by atoms with Gasteiger partial charge >= 0.3 is 33.0 Å². The Labute approximate surface area is 129 Å². The van der Waals surface area contributed by atoms with Crippen LogP contribution >= 0.6 is 17.2 Å². The monoisotopic (exact) mass is 382 g/mol. The number of halogens is 6. The van der Waals surface area contributed by atoms with Crippen molar-refractivity contribution in [2.45, 2.75) is 19.1 Å². The van der Waals surface area contributed by atoms with Crippen molar-refractivity contribution in [2.75, 3.05) is 6.54 Å². The number of hydrogen-bond donors (Lipinski definition) is 0. The molecule has 3 rings (SSSR count). The maximum atomic E-state index is 9.87. The molecule has 0 aliphatic carbocycles. The number of nitrogens with zero attached hydrogens (tertiary/aromatic N) is 4. The van der Waals surface area contributed by atoms with Gasteiger partial charge in [-0.3, -0.25) is 0 Å². The summed E-state index contributed by atoms with van der Waals surface area (Å²) in [7, 11) is -8.80. The third-order valence-electron chi connectivity index (χ3n) is 2.85. The molecule has 0 bridgehead atoms. The molecule has 1 saturated heterocycles. The Kier molecular flexibility index (Phi) is 4.29. The van der Waals surface area contributed by atoms with E-state index in [1.165, 1.54) is 11.3 Å². The van der Waals surface area contributed by atoms with E-state index in [0.717, 1.165) is 24.0 Å². The van der Waals surface area contributed by atoms with Crippen molar-refractivity contribution in [1.82, 2.24) is 19.8 Å². The van der Waals surface area contributed by atoms with Crippen LogP contribution in [0.15, 0.2) is 24.3 Å². The van der Waals surface area contributed by atoms with Gasteiger partial charge in [0.1, 0.15) is 11.0 Å². The molecule has 1 aliphatic heterocycles. The van der Waals surface area contributed by atoms with Crippen molar-refractivity contribution in [1.29, 1.82) is 0 Å². The van der Waals surface area contributed by atoms with E-state index >= 15 is 0 Å². The number of aromatic nitrogens is 3. The summed E-state index contributed by atoms with van der Waals surface area (Å²) in [5.74, 6) is 0. The molecule has 1 aromatic heterocycles. The number of rotatable bonds is 2. The molecule has 0 saturated carbocycles. The van der Waals surface area contributed by atoms with Crippen LogP contribution in [-0.2, 0) is 0 Å². The molecule has 5 nitrogen and oxygen atoms in total. The first kappa shape index (κ1) is 18.2. The second kappa shape index (κ2) is 5.43. The van der Waals surface area contributed by atoms with E-state index in [0.29, 0.717) is 0 Å². The molecule has 2 aromatic rings. The molecule has 0 spiro atoms. The van der Waals surface area contributed by atoms with Gasteiger partial charge in [-0.15, -0.1) is 9.77 Å². The van der Waals surface area contributed by atoms with Crippen molar-refractivity contribution in [3.05, 3.63) is 24.3 Å². The van der Waals surface area contributed by atoms with Crippen LogP contribution in [0.2, 0.25) is 0 Å². The van der Waals surface area contributed by atoms with E-state index in [1.807, 2.05) is 33.7 Å². The Bertz CT molecular complexity index is 680. The van der Waals surface area contributed by atoms with Crippen LogP contribution < -0.4 is 4.84 Å². The number of fused-ring (bicyclic) bond motifs is 1. The summed E-state index contributed by atoms with van der Waals surface area (Å²) in [5, 5.41) is 8.07. The van der Waals surface area contributed by atoms with Crippen LogP contribution in [0.4, 0.5) is 25.2 Å². The number of hydrogen-bond acceptors (Lipinski definition) is 4. The predicted octanol–water partition coefficient (Wildman–Crippen LogP) is 4.19. The van der Waals surface area contributed by atoms with Gasteiger partial charge in [0.2, 0.25) is 6.23 Å². The van der Waals surface area contributed by atoms with Gasteiger partial charge in [0.25, 0.3) is 0 Å². The fourth-order valence-corrected chi connectivity index (χ4v) is 2.43. The molecule has 23 heavy (non-hydrogen) atoms. The molecule has 2 unspecified atom stereocenters. The zero-order valence-electron chi connectivity index (χ0n) is 11.6. The van der Waals surface area contributed by atoms with Crippen LogP contribution in [0.1, 0.15) is 12.8 Å². The molecule has 0 amide bonds. The first-order valence-electron chi connectivity index (χ1n) is 6.41. The minimum atomic E-state index is -10.7. The number of para-hydroxylation sites is 1. The van der Waals surface area contributed by atoms with E-state index in [9.17, 15) is 25.2 Å². The van der Waals surface area contributed by atoms with Crippen molar-refractivity contribution in [3.8, 4) is 0 Å². The van der Waals surface area contributed by atoms with Gasteiger partial charge in [-0.1, -0.05) is 17.0 Å². The standard InChI is InChI=1S/C10H13N4OP.F6P/c16-13-7-3-6-10(13)15-14-9-5-2-1-4-8(9)11-12-14;1-7(2,3,4,5)6/h1-2,4-5,10H,3,6-7,16H2;/q;-1/p+1. The van der Waals surface area contributed by atoms with E-state index in [1.54, 1.807) is 0 Å². The van der Waals surface area contributed by atoms with Crippen molar-refractivity contribution in [3.63, 3.8) is 0 Å². The molecule has 1 aliphatic rings. The van der Waals surface area contributed by atoms with Crippen molar-refractivity contribution < 1.29 is 30.0 Å². The molecule has 13 heteroatoms. The maximum Gasteiger partial charge on any atom is 0.209 e. The normalized spacial score (nSPS) is 22.3. The fourth-order valence-electron chi connectivity index (χ4n) is 1.96. The van der Waals surface area contributed by atoms with E-state index in [2.05, 4.69) is 15.0 Å². The Hall–Kier alpha value is -1.18. The second-order valence-electron chi connectivity index (χ2n) is 4.92. The Morgan fingerprint density at radius 1 is 1.13 bits per heavy atom. The van der Waals surface area contributed by atoms with Crippen LogP contribution in [0, 0.1) is 0 Å². The summed E-state index contributed by atoms with van der Waals surface area (Å²) in [5.41, 5.74) is 1.79.